The Bertz CT molecular complexity index is 1020. The van der Waals surface area contributed by atoms with Gasteiger partial charge in [-0.05, 0) is 44.7 Å². The summed E-state index contributed by atoms with van der Waals surface area (Å²) in [5.74, 6) is -0.345. The summed E-state index contributed by atoms with van der Waals surface area (Å²) >= 11 is 6.11. The highest BCUT2D eigenvalue weighted by Gasteiger charge is 2.45. The number of benzene rings is 1. The summed E-state index contributed by atoms with van der Waals surface area (Å²) in [4.78, 5) is 13.7. The normalized spacial score (nSPS) is 23.0. The first-order valence-electron chi connectivity index (χ1n) is 9.33. The molecule has 0 spiro atoms. The van der Waals surface area contributed by atoms with Gasteiger partial charge in [-0.3, -0.25) is 0 Å². The molecule has 28 heavy (non-hydrogen) atoms. The van der Waals surface area contributed by atoms with E-state index in [1.54, 1.807) is 17.0 Å². The van der Waals surface area contributed by atoms with Gasteiger partial charge in [0.15, 0.2) is 9.84 Å². The fourth-order valence-corrected chi connectivity index (χ4v) is 6.20. The molecule has 0 amide bonds. The Morgan fingerprint density at radius 3 is 2.61 bits per heavy atom. The second kappa shape index (κ2) is 7.08. The number of rotatable bonds is 5. The fourth-order valence-electron chi connectivity index (χ4n) is 3.98. The molecule has 0 unspecified atom stereocenters. The van der Waals surface area contributed by atoms with Crippen LogP contribution in [0.5, 0.6) is 0 Å². The molecule has 2 atom stereocenters. The quantitative estimate of drug-likeness (QED) is 0.794. The molecular weight excluding hydrogens is 402 g/mol. The summed E-state index contributed by atoms with van der Waals surface area (Å²) in [6.45, 7) is 1.96. The van der Waals surface area contributed by atoms with Crippen LogP contribution in [0.4, 0.5) is 5.82 Å². The average molecular weight is 424 g/mol. The topological polar surface area (TPSA) is 92.5 Å². The molecule has 0 bridgehead atoms. The van der Waals surface area contributed by atoms with E-state index in [2.05, 4.69) is 5.10 Å². The van der Waals surface area contributed by atoms with E-state index in [0.717, 1.165) is 25.0 Å². The molecule has 4 rings (SSSR count). The van der Waals surface area contributed by atoms with Crippen LogP contribution in [0.25, 0.3) is 0 Å². The van der Waals surface area contributed by atoms with Crippen LogP contribution in [-0.4, -0.2) is 47.1 Å². The summed E-state index contributed by atoms with van der Waals surface area (Å²) in [5, 5.41) is 13.6. The minimum atomic E-state index is -3.76. The van der Waals surface area contributed by atoms with Crippen molar-refractivity contribution in [2.24, 2.45) is 0 Å². The molecule has 2 fully saturated rings. The fraction of sp³-hybridized carbons (Fsp3) is 0.474. The highest BCUT2D eigenvalue weighted by molar-refractivity contribution is 7.92. The Labute approximate surface area is 168 Å². The molecular formula is C19H22ClN3O4S. The van der Waals surface area contributed by atoms with Crippen molar-refractivity contribution in [3.05, 3.63) is 41.0 Å². The molecule has 1 N–H and O–H groups in total. The lowest BCUT2D eigenvalue weighted by Gasteiger charge is -2.31. The van der Waals surface area contributed by atoms with Gasteiger partial charge in [0.2, 0.25) is 0 Å². The molecule has 1 aromatic carbocycles. The van der Waals surface area contributed by atoms with Crippen molar-refractivity contribution in [1.82, 2.24) is 9.78 Å². The van der Waals surface area contributed by atoms with Crippen LogP contribution in [-0.2, 0) is 14.6 Å². The van der Waals surface area contributed by atoms with Gasteiger partial charge in [-0.15, -0.1) is 0 Å². The largest absolute Gasteiger partial charge is 0.480 e. The molecule has 2 aliphatic rings. The van der Waals surface area contributed by atoms with Gasteiger partial charge in [-0.2, -0.15) is 5.10 Å². The van der Waals surface area contributed by atoms with Crippen LogP contribution in [0.3, 0.4) is 0 Å². The average Bonchev–Trinajstić information content (AvgIpc) is 3.18. The van der Waals surface area contributed by atoms with E-state index in [-0.39, 0.29) is 28.9 Å². The molecule has 1 aromatic heterocycles. The van der Waals surface area contributed by atoms with E-state index in [1.807, 2.05) is 17.7 Å². The first kappa shape index (κ1) is 19.3. The number of hydrogen-bond donors (Lipinski definition) is 1. The van der Waals surface area contributed by atoms with Gasteiger partial charge in [0.1, 0.15) is 11.9 Å². The molecule has 150 valence electrons. The van der Waals surface area contributed by atoms with Gasteiger partial charge in [0.05, 0.1) is 26.9 Å². The molecule has 1 saturated heterocycles. The van der Waals surface area contributed by atoms with Crippen LogP contribution in [0.1, 0.15) is 37.4 Å². The Hall–Kier alpha value is -2.06. The van der Waals surface area contributed by atoms with E-state index >= 15 is 0 Å². The maximum Gasteiger partial charge on any atom is 0.326 e. The predicted octanol–water partition coefficient (Wildman–Crippen LogP) is 3.08. The Balaban J connectivity index is 1.70. The van der Waals surface area contributed by atoms with E-state index in [0.29, 0.717) is 5.82 Å². The van der Waals surface area contributed by atoms with Crippen molar-refractivity contribution in [2.45, 2.75) is 54.8 Å². The summed E-state index contributed by atoms with van der Waals surface area (Å²) in [6.07, 6.45) is 3.13. The number of halogens is 1. The zero-order valence-electron chi connectivity index (χ0n) is 15.5. The standard InChI is InChI=1S/C19H22ClN3O4S/c1-12-9-18(23(21-12)13-5-4-6-13)22-11-14(10-16(22)19(24)25)28(26,27)17-8-3-2-7-15(17)20/h2-3,7-9,13-14,16H,4-6,10-11H2,1H3,(H,24,25)/t14-,16+/m1/s1. The van der Waals surface area contributed by atoms with Crippen molar-refractivity contribution >= 4 is 33.2 Å². The molecule has 1 saturated carbocycles. The number of aliphatic carboxylic acids is 1. The van der Waals surface area contributed by atoms with Crippen LogP contribution in [0, 0.1) is 6.92 Å². The number of carboxylic acids is 1. The molecule has 0 radical (unpaired) electrons. The zero-order chi connectivity index (χ0) is 20.1. The number of hydrogen-bond acceptors (Lipinski definition) is 5. The molecule has 2 heterocycles. The van der Waals surface area contributed by atoms with E-state index in [4.69, 9.17) is 11.6 Å². The van der Waals surface area contributed by atoms with Crippen molar-refractivity contribution < 1.29 is 18.3 Å². The van der Waals surface area contributed by atoms with Crippen LogP contribution in [0.15, 0.2) is 35.2 Å². The monoisotopic (exact) mass is 423 g/mol. The molecule has 1 aliphatic heterocycles. The maximum atomic E-state index is 13.2. The molecule has 7 nitrogen and oxygen atoms in total. The van der Waals surface area contributed by atoms with Gasteiger partial charge in [0.25, 0.3) is 0 Å². The minimum absolute atomic E-state index is 0.0117. The van der Waals surface area contributed by atoms with E-state index in [1.165, 1.54) is 12.1 Å². The molecule has 2 aromatic rings. The predicted molar refractivity (Wildman–Crippen MR) is 106 cm³/mol. The smallest absolute Gasteiger partial charge is 0.326 e. The third kappa shape index (κ3) is 3.18. The third-order valence-corrected chi connectivity index (χ3v) is 8.31. The Morgan fingerprint density at radius 2 is 2.00 bits per heavy atom. The van der Waals surface area contributed by atoms with Crippen LogP contribution < -0.4 is 4.90 Å². The number of aryl methyl sites for hydroxylation is 1. The van der Waals surface area contributed by atoms with Crippen molar-refractivity contribution in [1.29, 1.82) is 0 Å². The first-order chi connectivity index (χ1) is 13.3. The molecule has 9 heteroatoms. The Kier molecular flexibility index (Phi) is 4.87. The van der Waals surface area contributed by atoms with Gasteiger partial charge in [0, 0.05) is 12.6 Å². The summed E-state index contributed by atoms with van der Waals surface area (Å²) in [5.41, 5.74) is 0.795. The number of carbonyl (C=O) groups is 1. The minimum Gasteiger partial charge on any atom is -0.480 e. The lowest BCUT2D eigenvalue weighted by Crippen LogP contribution is -2.38. The lowest BCUT2D eigenvalue weighted by atomic mass is 9.93. The number of anilines is 1. The second-order valence-corrected chi connectivity index (χ2v) is 10.1. The van der Waals surface area contributed by atoms with Gasteiger partial charge in [-0.25, -0.2) is 17.9 Å². The van der Waals surface area contributed by atoms with E-state index in [9.17, 15) is 18.3 Å². The number of sulfone groups is 1. The van der Waals surface area contributed by atoms with Crippen LogP contribution >= 0.6 is 11.6 Å². The SMILES string of the molecule is Cc1cc(N2C[C@H](S(=O)(=O)c3ccccc3Cl)C[C@H]2C(=O)O)n(C2CCC2)n1. The van der Waals surface area contributed by atoms with Gasteiger partial charge >= 0.3 is 5.97 Å². The van der Waals surface area contributed by atoms with Crippen molar-refractivity contribution in [3.63, 3.8) is 0 Å². The number of carboxylic acid groups (broad SMARTS) is 1. The maximum absolute atomic E-state index is 13.2. The highest BCUT2D eigenvalue weighted by Crippen LogP contribution is 2.39. The number of aromatic nitrogens is 2. The van der Waals surface area contributed by atoms with Crippen molar-refractivity contribution in [3.8, 4) is 0 Å². The van der Waals surface area contributed by atoms with Gasteiger partial charge < -0.3 is 10.0 Å². The summed E-state index contributed by atoms with van der Waals surface area (Å²) in [7, 11) is -3.76. The zero-order valence-corrected chi connectivity index (χ0v) is 17.0. The third-order valence-electron chi connectivity index (χ3n) is 5.68. The summed E-state index contributed by atoms with van der Waals surface area (Å²) in [6, 6.07) is 7.47. The number of nitrogens with zero attached hydrogens (tertiary/aromatic N) is 3. The highest BCUT2D eigenvalue weighted by atomic mass is 35.5. The van der Waals surface area contributed by atoms with Crippen molar-refractivity contribution in [2.75, 3.05) is 11.4 Å². The second-order valence-electron chi connectivity index (χ2n) is 7.51. The summed E-state index contributed by atoms with van der Waals surface area (Å²) < 4.78 is 28.2. The lowest BCUT2D eigenvalue weighted by molar-refractivity contribution is -0.138. The molecule has 1 aliphatic carbocycles. The Morgan fingerprint density at radius 1 is 1.29 bits per heavy atom. The first-order valence-corrected chi connectivity index (χ1v) is 11.3. The van der Waals surface area contributed by atoms with Crippen LogP contribution in [0.2, 0.25) is 5.02 Å². The van der Waals surface area contributed by atoms with Gasteiger partial charge in [-0.1, -0.05) is 23.7 Å². The van der Waals surface area contributed by atoms with E-state index < -0.39 is 27.1 Å².